The maximum Gasteiger partial charge on any atom is 0.408 e. The van der Waals surface area contributed by atoms with Crippen molar-refractivity contribution in [1.82, 2.24) is 35.2 Å². The van der Waals surface area contributed by atoms with Crippen LogP contribution >= 0.6 is 11.3 Å². The molecule has 1 aromatic carbocycles. The van der Waals surface area contributed by atoms with Crippen LogP contribution in [0.15, 0.2) is 35.8 Å². The van der Waals surface area contributed by atoms with E-state index in [2.05, 4.69) is 20.5 Å². The van der Waals surface area contributed by atoms with Crippen LogP contribution in [0.5, 0.6) is 0 Å². The van der Waals surface area contributed by atoms with E-state index in [1.165, 1.54) is 33.8 Å². The van der Waals surface area contributed by atoms with Gasteiger partial charge >= 0.3 is 18.2 Å². The van der Waals surface area contributed by atoms with Crippen molar-refractivity contribution in [3.05, 3.63) is 52.1 Å². The van der Waals surface area contributed by atoms with Gasteiger partial charge in [0.15, 0.2) is 0 Å². The van der Waals surface area contributed by atoms with Crippen molar-refractivity contribution in [1.29, 1.82) is 0 Å². The van der Waals surface area contributed by atoms with Gasteiger partial charge in [-0.15, -0.1) is 11.3 Å². The number of fused-ring (bicyclic) bond motifs is 1. The van der Waals surface area contributed by atoms with Crippen LogP contribution in [-0.4, -0.2) is 129 Å². The first kappa shape index (κ1) is 48.1. The molecule has 3 fully saturated rings. The molecule has 19 heteroatoms. The van der Waals surface area contributed by atoms with Gasteiger partial charge in [-0.05, 0) is 89.0 Å². The van der Waals surface area contributed by atoms with Gasteiger partial charge in [0.1, 0.15) is 24.2 Å². The van der Waals surface area contributed by atoms with Gasteiger partial charge in [0.05, 0.1) is 40.1 Å². The van der Waals surface area contributed by atoms with E-state index in [4.69, 9.17) is 19.4 Å². The lowest BCUT2D eigenvalue weighted by atomic mass is 9.84. The summed E-state index contributed by atoms with van der Waals surface area (Å²) < 4.78 is 57.0. The number of hydrazine groups is 1. The Labute approximate surface area is 381 Å². The number of hydrogen-bond donors (Lipinski definition) is 4. The van der Waals surface area contributed by atoms with Crippen LogP contribution in [0.3, 0.4) is 0 Å². The maximum atomic E-state index is 14.8. The number of aliphatic hydroxyl groups excluding tert-OH is 1. The fourth-order valence-electron chi connectivity index (χ4n) is 8.67. The molecule has 1 aliphatic carbocycles. The number of alkyl carbamates (subject to hydrolysis) is 1. The number of methoxy groups -OCH3 is 1. The molecule has 0 radical (unpaired) electrons. The van der Waals surface area contributed by atoms with Crippen LogP contribution in [0, 0.1) is 5.41 Å². The van der Waals surface area contributed by atoms with E-state index in [9.17, 15) is 37.8 Å². The number of alkyl halides is 3. The van der Waals surface area contributed by atoms with E-state index in [1.54, 1.807) is 51.6 Å². The van der Waals surface area contributed by atoms with Crippen molar-refractivity contribution in [2.24, 2.45) is 5.41 Å². The Morgan fingerprint density at radius 1 is 1.03 bits per heavy atom. The highest BCUT2D eigenvalue weighted by Gasteiger charge is 2.37. The molecule has 5 heterocycles. The number of ether oxygens (including phenoxy) is 2. The lowest BCUT2D eigenvalue weighted by molar-refractivity contribution is -0.147. The number of nitrogens with one attached hydrogen (secondary N) is 2. The number of aliphatic carboxylic acids is 1. The monoisotopic (exact) mass is 926 g/mol. The Kier molecular flexibility index (Phi) is 14.2. The molecule has 2 aliphatic heterocycles. The third-order valence-corrected chi connectivity index (χ3v) is 13.1. The van der Waals surface area contributed by atoms with Gasteiger partial charge in [-0.3, -0.25) is 24.5 Å². The molecule has 3 atom stereocenters. The zero-order chi connectivity index (χ0) is 47.0. The van der Waals surface area contributed by atoms with E-state index in [0.29, 0.717) is 68.6 Å². The molecule has 3 aliphatic rings. The first-order chi connectivity index (χ1) is 30.6. The second-order valence-electron chi connectivity index (χ2n) is 19.2. The Morgan fingerprint density at radius 3 is 2.38 bits per heavy atom. The lowest BCUT2D eigenvalue weighted by Crippen LogP contribution is -2.60. The molecule has 0 bridgehead atoms. The zero-order valence-electron chi connectivity index (χ0n) is 38.1. The molecule has 2 saturated heterocycles. The second kappa shape index (κ2) is 19.2. The summed E-state index contributed by atoms with van der Waals surface area (Å²) >= 11 is 1.24. The number of nitrogens with zero attached hydrogens (tertiary/aromatic N) is 6. The molecule has 1 saturated carbocycles. The summed E-state index contributed by atoms with van der Waals surface area (Å²) in [6.45, 7) is 12.7. The zero-order valence-corrected chi connectivity index (χ0v) is 38.9. The topological polar surface area (TPSA) is 175 Å². The number of carboxylic acid groups (broad SMARTS) is 1. The summed E-state index contributed by atoms with van der Waals surface area (Å²) in [6.07, 6.45) is -0.840. The van der Waals surface area contributed by atoms with E-state index in [0.717, 1.165) is 31.9 Å². The lowest BCUT2D eigenvalue weighted by Gasteiger charge is -2.36. The first-order valence-electron chi connectivity index (χ1n) is 22.2. The molecule has 3 aromatic heterocycles. The van der Waals surface area contributed by atoms with Crippen LogP contribution in [0.25, 0.3) is 33.4 Å². The van der Waals surface area contributed by atoms with Crippen LogP contribution in [0.1, 0.15) is 89.6 Å². The van der Waals surface area contributed by atoms with Gasteiger partial charge in [-0.1, -0.05) is 19.9 Å². The fraction of sp³-hybridized carbons (Fsp3) is 0.587. The minimum atomic E-state index is -4.59. The number of piperazine rings is 1. The SMILES string of the molecule is COC(C)c1ncc(N2CCN(C3CC3)CC2)cc1-c1c(CC(C)(C)CO)c2cc(-c3csc(CC(NC(=O)OC(C)(C)C)C(=O)N4CCC[C@@H](C(=O)O)N4)n3)ccc2n1CC(F)(F)F. The number of thiazole rings is 1. The third-order valence-electron chi connectivity index (χ3n) is 12.2. The van der Waals surface area contributed by atoms with Gasteiger partial charge in [-0.25, -0.2) is 15.2 Å². The molecule has 2 unspecified atom stereocenters. The number of halogens is 3. The number of pyridine rings is 1. The molecular formula is C46H61F3N8O7S. The number of aromatic nitrogens is 3. The normalized spacial score (nSPS) is 18.8. The Hall–Kier alpha value is -4.82. The Balaban J connectivity index is 1.30. The number of carboxylic acids is 1. The van der Waals surface area contributed by atoms with E-state index in [1.807, 2.05) is 32.9 Å². The number of carbonyl (C=O) groups excluding carboxylic acids is 2. The van der Waals surface area contributed by atoms with Gasteiger partial charge in [0.2, 0.25) is 0 Å². The number of carbonyl (C=O) groups is 3. The number of hydrogen-bond acceptors (Lipinski definition) is 12. The summed E-state index contributed by atoms with van der Waals surface area (Å²) in [6, 6.07) is 5.64. The number of rotatable bonds is 15. The molecule has 7 rings (SSSR count). The smallest absolute Gasteiger partial charge is 0.408 e. The van der Waals surface area contributed by atoms with Crippen molar-refractivity contribution < 1.29 is 47.2 Å². The van der Waals surface area contributed by atoms with Crippen molar-refractivity contribution in [3.63, 3.8) is 0 Å². The van der Waals surface area contributed by atoms with Crippen LogP contribution in [0.4, 0.5) is 23.7 Å². The molecule has 354 valence electrons. The fourth-order valence-corrected chi connectivity index (χ4v) is 9.52. The van der Waals surface area contributed by atoms with E-state index in [-0.39, 0.29) is 26.0 Å². The highest BCUT2D eigenvalue weighted by atomic mass is 32.1. The Morgan fingerprint density at radius 2 is 1.75 bits per heavy atom. The molecule has 15 nitrogen and oxygen atoms in total. The van der Waals surface area contributed by atoms with Crippen molar-refractivity contribution in [2.45, 2.75) is 123 Å². The predicted octanol–water partition coefficient (Wildman–Crippen LogP) is 6.96. The van der Waals surface area contributed by atoms with Gasteiger partial charge in [0, 0.05) is 86.3 Å². The van der Waals surface area contributed by atoms with Crippen molar-refractivity contribution in [2.75, 3.05) is 51.3 Å². The minimum Gasteiger partial charge on any atom is -0.480 e. The molecular weight excluding hydrogens is 866 g/mol. The second-order valence-corrected chi connectivity index (χ2v) is 20.1. The third kappa shape index (κ3) is 11.6. The Bertz CT molecular complexity index is 2370. The average Bonchev–Trinajstić information content (AvgIpc) is 3.94. The maximum absolute atomic E-state index is 14.8. The van der Waals surface area contributed by atoms with Crippen molar-refractivity contribution >= 4 is 45.9 Å². The summed E-state index contributed by atoms with van der Waals surface area (Å²) in [7, 11) is 1.54. The summed E-state index contributed by atoms with van der Waals surface area (Å²) in [5.41, 5.74) is 5.41. The largest absolute Gasteiger partial charge is 0.480 e. The minimum absolute atomic E-state index is 0.0532. The number of benzene rings is 1. The van der Waals surface area contributed by atoms with Gasteiger partial charge < -0.3 is 34.5 Å². The summed E-state index contributed by atoms with van der Waals surface area (Å²) in [5, 5.41) is 26.9. The highest BCUT2D eigenvalue weighted by Crippen LogP contribution is 2.44. The van der Waals surface area contributed by atoms with Gasteiger partial charge in [-0.2, -0.15) is 13.2 Å². The van der Waals surface area contributed by atoms with Crippen LogP contribution in [-0.2, 0) is 38.4 Å². The first-order valence-corrected chi connectivity index (χ1v) is 23.1. The molecule has 4 N–H and O–H groups in total. The summed E-state index contributed by atoms with van der Waals surface area (Å²) in [5.74, 6) is -1.66. The molecule has 2 amide bonds. The number of anilines is 1. The standard InChI is InChI=1S/C46H61F3N8O7S/c1-27(63-7)39-32(20-30(23-50-39)55-17-15-54(16-18-55)29-11-12-29)40-33(22-45(5,6)26-58)31-19-28(10-13-37(31)56(40)25-46(47,48)49)36-24-65-38(51-36)21-35(52-43(62)64-44(2,3)4)41(59)57-14-8-9-34(53-57)42(60)61/h10,13,19-20,23-24,27,29,34-35,53,58H,8-9,11-12,14-18,21-22,25-26H2,1-7H3,(H,52,62)(H,60,61)/t27?,34-,35?/m0/s1. The number of aliphatic hydroxyl groups is 1. The predicted molar refractivity (Wildman–Crippen MR) is 242 cm³/mol. The molecule has 65 heavy (non-hydrogen) atoms. The highest BCUT2D eigenvalue weighted by molar-refractivity contribution is 7.10. The van der Waals surface area contributed by atoms with Crippen molar-refractivity contribution in [3.8, 4) is 22.5 Å². The van der Waals surface area contributed by atoms with E-state index < -0.39 is 59.9 Å². The molecule has 0 spiro atoms. The van der Waals surface area contributed by atoms with Crippen LogP contribution < -0.4 is 15.6 Å². The number of amides is 2. The quantitative estimate of drug-likeness (QED) is 0.0967. The summed E-state index contributed by atoms with van der Waals surface area (Å²) in [4.78, 5) is 53.2. The van der Waals surface area contributed by atoms with Crippen LogP contribution in [0.2, 0.25) is 0 Å². The average molecular weight is 927 g/mol. The van der Waals surface area contributed by atoms with Gasteiger partial charge in [0.25, 0.3) is 5.91 Å². The van der Waals surface area contributed by atoms with E-state index >= 15 is 0 Å². The molecule has 4 aromatic rings.